The van der Waals surface area contributed by atoms with Crippen molar-refractivity contribution in [2.45, 2.75) is 18.2 Å². The molecule has 0 saturated heterocycles. The Morgan fingerprint density at radius 2 is 2.18 bits per heavy atom. The van der Waals surface area contributed by atoms with Crippen LogP contribution >= 0.6 is 11.3 Å². The molecular formula is C8H10F2N2O3S2. The Bertz CT molecular complexity index is 525. The zero-order valence-corrected chi connectivity index (χ0v) is 10.4. The van der Waals surface area contributed by atoms with Crippen LogP contribution < -0.4 is 10.5 Å². The zero-order chi connectivity index (χ0) is 13.2. The van der Waals surface area contributed by atoms with Crippen molar-refractivity contribution in [2.75, 3.05) is 6.54 Å². The number of amides is 1. The van der Waals surface area contributed by atoms with E-state index in [0.29, 0.717) is 4.88 Å². The van der Waals surface area contributed by atoms with Crippen molar-refractivity contribution >= 4 is 27.3 Å². The lowest BCUT2D eigenvalue weighted by Gasteiger charge is -2.00. The number of thiophene rings is 1. The number of nitrogens with one attached hydrogen (secondary N) is 1. The van der Waals surface area contributed by atoms with Crippen molar-refractivity contribution < 1.29 is 22.0 Å². The summed E-state index contributed by atoms with van der Waals surface area (Å²) in [6.45, 7) is 0.703. The van der Waals surface area contributed by atoms with Crippen LogP contribution in [0.5, 0.6) is 0 Å². The summed E-state index contributed by atoms with van der Waals surface area (Å²) in [7, 11) is -3.90. The van der Waals surface area contributed by atoms with Crippen molar-refractivity contribution in [3.05, 3.63) is 15.8 Å². The van der Waals surface area contributed by atoms with Gasteiger partial charge in [-0.2, -0.15) is 0 Å². The number of sulfonamides is 1. The highest BCUT2D eigenvalue weighted by Crippen LogP contribution is 2.24. The number of halogens is 2. The summed E-state index contributed by atoms with van der Waals surface area (Å²) in [5.41, 5.74) is 0. The summed E-state index contributed by atoms with van der Waals surface area (Å²) >= 11 is 0.885. The molecule has 0 atom stereocenters. The number of aryl methyl sites for hydroxylation is 1. The molecule has 0 aromatic carbocycles. The van der Waals surface area contributed by atoms with E-state index in [-0.39, 0.29) is 9.77 Å². The number of alkyl halides is 2. The molecule has 0 saturated carbocycles. The lowest BCUT2D eigenvalue weighted by Crippen LogP contribution is -2.27. The Labute approximate surface area is 101 Å². The van der Waals surface area contributed by atoms with Gasteiger partial charge < -0.3 is 5.32 Å². The maximum atomic E-state index is 11.9. The molecule has 0 radical (unpaired) electrons. The summed E-state index contributed by atoms with van der Waals surface area (Å²) < 4.78 is 45.9. The second-order valence-electron chi connectivity index (χ2n) is 3.18. The second-order valence-corrected chi connectivity index (χ2v) is 5.96. The lowest BCUT2D eigenvalue weighted by atomic mass is 10.4. The van der Waals surface area contributed by atoms with E-state index in [1.54, 1.807) is 0 Å². The van der Waals surface area contributed by atoms with Gasteiger partial charge in [0.2, 0.25) is 10.0 Å². The molecule has 5 nitrogen and oxygen atoms in total. The van der Waals surface area contributed by atoms with E-state index in [2.05, 4.69) is 0 Å². The first-order valence-electron chi connectivity index (χ1n) is 4.41. The molecule has 17 heavy (non-hydrogen) atoms. The first-order chi connectivity index (χ1) is 7.71. The van der Waals surface area contributed by atoms with Gasteiger partial charge in [0, 0.05) is 4.88 Å². The number of hydrogen-bond donors (Lipinski definition) is 2. The van der Waals surface area contributed by atoms with Gasteiger partial charge in [-0.1, -0.05) is 0 Å². The number of carbonyl (C=O) groups excluding carboxylic acids is 1. The van der Waals surface area contributed by atoms with Crippen LogP contribution in [0, 0.1) is 6.92 Å². The fourth-order valence-electron chi connectivity index (χ4n) is 1.12. The van der Waals surface area contributed by atoms with Crippen LogP contribution in [-0.4, -0.2) is 27.3 Å². The average Bonchev–Trinajstić information content (AvgIpc) is 2.56. The highest BCUT2D eigenvalue weighted by atomic mass is 32.2. The molecule has 0 aliphatic carbocycles. The fraction of sp³-hybridized carbons (Fsp3) is 0.375. The van der Waals surface area contributed by atoms with Crippen LogP contribution in [0.1, 0.15) is 14.5 Å². The monoisotopic (exact) mass is 284 g/mol. The summed E-state index contributed by atoms with van der Waals surface area (Å²) in [6, 6.07) is 1.08. The molecule has 0 fully saturated rings. The third kappa shape index (κ3) is 3.72. The topological polar surface area (TPSA) is 89.3 Å². The number of rotatable bonds is 4. The molecular weight excluding hydrogens is 274 g/mol. The van der Waals surface area contributed by atoms with Gasteiger partial charge >= 0.3 is 0 Å². The van der Waals surface area contributed by atoms with Crippen molar-refractivity contribution in [1.29, 1.82) is 0 Å². The summed E-state index contributed by atoms with van der Waals surface area (Å²) in [4.78, 5) is 11.6. The number of primary sulfonamides is 1. The van der Waals surface area contributed by atoms with E-state index in [1.807, 2.05) is 5.32 Å². The molecule has 0 bridgehead atoms. The van der Waals surface area contributed by atoms with E-state index in [1.165, 1.54) is 6.92 Å². The highest BCUT2D eigenvalue weighted by molar-refractivity contribution is 7.89. The van der Waals surface area contributed by atoms with Crippen LogP contribution in [0.15, 0.2) is 11.0 Å². The Hall–Kier alpha value is -1.06. The van der Waals surface area contributed by atoms with Crippen LogP contribution in [0.3, 0.4) is 0 Å². The van der Waals surface area contributed by atoms with Crippen LogP contribution in [0.2, 0.25) is 0 Å². The van der Waals surface area contributed by atoms with Gasteiger partial charge in [-0.25, -0.2) is 22.3 Å². The minimum Gasteiger partial charge on any atom is -0.346 e. The van der Waals surface area contributed by atoms with E-state index in [0.717, 1.165) is 17.4 Å². The normalized spacial score (nSPS) is 11.8. The van der Waals surface area contributed by atoms with Gasteiger partial charge in [0.1, 0.15) is 0 Å². The maximum Gasteiger partial charge on any atom is 0.261 e. The first-order valence-corrected chi connectivity index (χ1v) is 6.77. The SMILES string of the molecule is Cc1sc(C(=O)NCC(F)F)cc1S(N)(=O)=O. The van der Waals surface area contributed by atoms with Crippen molar-refractivity contribution in [2.24, 2.45) is 5.14 Å². The quantitative estimate of drug-likeness (QED) is 0.852. The standard InChI is InChI=1S/C8H10F2N2O3S2/c1-4-6(17(11,14)15)2-5(16-4)8(13)12-3-7(9)10/h2,7H,3H2,1H3,(H,12,13)(H2,11,14,15). The predicted molar refractivity (Wildman–Crippen MR) is 58.8 cm³/mol. The van der Waals surface area contributed by atoms with E-state index < -0.39 is 28.9 Å². The second kappa shape index (κ2) is 5.07. The fourth-order valence-corrected chi connectivity index (χ4v) is 3.18. The Balaban J connectivity index is 2.91. The minimum atomic E-state index is -3.90. The first kappa shape index (κ1) is 14.0. The van der Waals surface area contributed by atoms with Gasteiger partial charge in [0.05, 0.1) is 16.3 Å². The van der Waals surface area contributed by atoms with Gasteiger partial charge in [-0.05, 0) is 13.0 Å². The molecule has 96 valence electrons. The van der Waals surface area contributed by atoms with Crippen LogP contribution in [-0.2, 0) is 10.0 Å². The molecule has 0 aliphatic rings. The molecule has 1 aromatic rings. The predicted octanol–water partition coefficient (Wildman–Crippen LogP) is 0.699. The van der Waals surface area contributed by atoms with Gasteiger partial charge in [-0.15, -0.1) is 11.3 Å². The van der Waals surface area contributed by atoms with Gasteiger partial charge in [0.15, 0.2) is 0 Å². The minimum absolute atomic E-state index is 0.0344. The maximum absolute atomic E-state index is 11.9. The Morgan fingerprint density at radius 3 is 2.59 bits per heavy atom. The smallest absolute Gasteiger partial charge is 0.261 e. The zero-order valence-electron chi connectivity index (χ0n) is 8.74. The summed E-state index contributed by atoms with van der Waals surface area (Å²) in [5, 5.41) is 6.90. The van der Waals surface area contributed by atoms with Crippen molar-refractivity contribution in [1.82, 2.24) is 5.32 Å². The third-order valence-electron chi connectivity index (χ3n) is 1.82. The molecule has 1 heterocycles. The van der Waals surface area contributed by atoms with Gasteiger partial charge in [-0.3, -0.25) is 4.79 Å². The van der Waals surface area contributed by atoms with E-state index >= 15 is 0 Å². The summed E-state index contributed by atoms with van der Waals surface area (Å²) in [6.07, 6.45) is -2.65. The van der Waals surface area contributed by atoms with Crippen LogP contribution in [0.4, 0.5) is 8.78 Å². The molecule has 0 spiro atoms. The number of nitrogens with two attached hydrogens (primary N) is 1. The molecule has 1 aromatic heterocycles. The van der Waals surface area contributed by atoms with Crippen molar-refractivity contribution in [3.8, 4) is 0 Å². The Kier molecular flexibility index (Phi) is 4.17. The molecule has 3 N–H and O–H groups in total. The number of hydrogen-bond acceptors (Lipinski definition) is 4. The number of carbonyl (C=O) groups is 1. The molecule has 9 heteroatoms. The average molecular weight is 284 g/mol. The highest BCUT2D eigenvalue weighted by Gasteiger charge is 2.19. The van der Waals surface area contributed by atoms with Crippen LogP contribution in [0.25, 0.3) is 0 Å². The van der Waals surface area contributed by atoms with Gasteiger partial charge in [0.25, 0.3) is 12.3 Å². The molecule has 0 aliphatic heterocycles. The molecule has 1 amide bonds. The summed E-state index contributed by atoms with van der Waals surface area (Å²) in [5.74, 6) is -0.742. The van der Waals surface area contributed by atoms with E-state index in [4.69, 9.17) is 5.14 Å². The van der Waals surface area contributed by atoms with Crippen molar-refractivity contribution in [3.63, 3.8) is 0 Å². The third-order valence-corrected chi connectivity index (χ3v) is 4.04. The Morgan fingerprint density at radius 1 is 1.59 bits per heavy atom. The van der Waals surface area contributed by atoms with E-state index in [9.17, 15) is 22.0 Å². The largest absolute Gasteiger partial charge is 0.346 e. The molecule has 1 rings (SSSR count). The lowest BCUT2D eigenvalue weighted by molar-refractivity contribution is 0.0895. The molecule has 0 unspecified atom stereocenters.